The second-order valence-corrected chi connectivity index (χ2v) is 9.45. The minimum Gasteiger partial charge on any atom is -0.481 e. The van der Waals surface area contributed by atoms with E-state index in [1.165, 1.54) is 0 Å². The van der Waals surface area contributed by atoms with Crippen LogP contribution in [0, 0.1) is 12.3 Å². The van der Waals surface area contributed by atoms with Crippen molar-refractivity contribution in [3.05, 3.63) is 70.9 Å². The lowest BCUT2D eigenvalue weighted by Gasteiger charge is -2.37. The number of carbonyl (C=O) groups excluding carboxylic acids is 2. The second kappa shape index (κ2) is 8.26. The summed E-state index contributed by atoms with van der Waals surface area (Å²) in [6.07, 6.45) is 0.665. The van der Waals surface area contributed by atoms with Crippen LogP contribution in [-0.2, 0) is 14.4 Å². The summed E-state index contributed by atoms with van der Waals surface area (Å²) in [5.74, 6) is -1.33. The number of amides is 1. The van der Waals surface area contributed by atoms with Crippen LogP contribution in [0.4, 0.5) is 11.4 Å². The van der Waals surface area contributed by atoms with Gasteiger partial charge in [0.05, 0.1) is 23.8 Å². The number of aliphatic carboxylic acids is 1. The summed E-state index contributed by atoms with van der Waals surface area (Å²) in [5.41, 5.74) is 4.52. The molecule has 32 heavy (non-hydrogen) atoms. The molecule has 1 heterocycles. The first-order valence-electron chi connectivity index (χ1n) is 10.9. The molecule has 2 aromatic rings. The standard InChI is InChI=1S/C26H28N2O4/c1-16-8-10-17(11-9-16)25-24-19(14-26(2,3)15-21(24)29)27-18-6-4-5-7-20(18)28(25)22(30)12-13-23(31)32/h4-11,25,27H,12-15H2,1-3H3,(H,31,32)/t25-/m1/s1. The Morgan fingerprint density at radius 2 is 1.75 bits per heavy atom. The maximum Gasteiger partial charge on any atom is 0.303 e. The number of fused-ring (bicyclic) bond motifs is 1. The minimum absolute atomic E-state index is 0.0122. The summed E-state index contributed by atoms with van der Waals surface area (Å²) in [6.45, 7) is 6.14. The molecule has 1 atom stereocenters. The number of nitrogens with one attached hydrogen (secondary N) is 1. The van der Waals surface area contributed by atoms with Gasteiger partial charge in [0.1, 0.15) is 0 Å². The van der Waals surface area contributed by atoms with Crippen molar-refractivity contribution in [2.45, 2.75) is 52.5 Å². The largest absolute Gasteiger partial charge is 0.481 e. The number of carboxylic acid groups (broad SMARTS) is 1. The number of carbonyl (C=O) groups is 3. The minimum atomic E-state index is -1.03. The van der Waals surface area contributed by atoms with E-state index in [9.17, 15) is 14.4 Å². The second-order valence-electron chi connectivity index (χ2n) is 9.45. The summed E-state index contributed by atoms with van der Waals surface area (Å²) in [6, 6.07) is 14.7. The normalized spacial score (nSPS) is 19.5. The molecule has 6 heteroatoms. The first-order valence-corrected chi connectivity index (χ1v) is 10.9. The number of hydrogen-bond acceptors (Lipinski definition) is 4. The van der Waals surface area contributed by atoms with Gasteiger partial charge in [-0.15, -0.1) is 0 Å². The fourth-order valence-electron chi connectivity index (χ4n) is 4.66. The zero-order valence-corrected chi connectivity index (χ0v) is 18.6. The van der Waals surface area contributed by atoms with Crippen LogP contribution in [-0.4, -0.2) is 22.8 Å². The molecule has 166 valence electrons. The smallest absolute Gasteiger partial charge is 0.303 e. The Balaban J connectivity index is 1.95. The van der Waals surface area contributed by atoms with Crippen LogP contribution in [0.1, 0.15) is 56.7 Å². The van der Waals surface area contributed by atoms with Gasteiger partial charge in [-0.3, -0.25) is 19.3 Å². The van der Waals surface area contributed by atoms with Crippen molar-refractivity contribution in [3.8, 4) is 0 Å². The van der Waals surface area contributed by atoms with Crippen molar-refractivity contribution >= 4 is 29.0 Å². The van der Waals surface area contributed by atoms with E-state index in [1.807, 2.05) is 55.5 Å². The van der Waals surface area contributed by atoms with E-state index in [0.29, 0.717) is 24.1 Å². The molecule has 2 aliphatic rings. The molecular formula is C26H28N2O4. The highest BCUT2D eigenvalue weighted by molar-refractivity contribution is 6.06. The Kier molecular flexibility index (Phi) is 5.63. The van der Waals surface area contributed by atoms with E-state index < -0.39 is 12.0 Å². The molecule has 2 N–H and O–H groups in total. The highest BCUT2D eigenvalue weighted by Gasteiger charge is 2.43. The number of rotatable bonds is 4. The van der Waals surface area contributed by atoms with Crippen LogP contribution in [0.25, 0.3) is 0 Å². The molecule has 0 saturated heterocycles. The van der Waals surface area contributed by atoms with Gasteiger partial charge in [-0.05, 0) is 36.5 Å². The van der Waals surface area contributed by atoms with Crippen LogP contribution in [0.5, 0.6) is 0 Å². The number of Topliss-reactive ketones (excluding diaryl/α,β-unsaturated/α-hetero) is 1. The number of nitrogens with zero attached hydrogens (tertiary/aromatic N) is 1. The number of allylic oxidation sites excluding steroid dienone is 1. The lowest BCUT2D eigenvalue weighted by molar-refractivity contribution is -0.138. The predicted molar refractivity (Wildman–Crippen MR) is 123 cm³/mol. The molecular weight excluding hydrogens is 404 g/mol. The Morgan fingerprint density at radius 3 is 2.44 bits per heavy atom. The number of carboxylic acids is 1. The van der Waals surface area contributed by atoms with Crippen LogP contribution in [0.15, 0.2) is 59.8 Å². The van der Waals surface area contributed by atoms with Crippen molar-refractivity contribution in [1.29, 1.82) is 0 Å². The van der Waals surface area contributed by atoms with Gasteiger partial charge in [-0.25, -0.2) is 0 Å². The molecule has 1 amide bonds. The Morgan fingerprint density at radius 1 is 1.06 bits per heavy atom. The molecule has 0 aromatic heterocycles. The fraction of sp³-hybridized carbons (Fsp3) is 0.346. The molecule has 6 nitrogen and oxygen atoms in total. The lowest BCUT2D eigenvalue weighted by atomic mass is 9.73. The predicted octanol–water partition coefficient (Wildman–Crippen LogP) is 5.00. The van der Waals surface area contributed by atoms with E-state index in [4.69, 9.17) is 5.11 Å². The first kappa shape index (κ1) is 21.8. The van der Waals surface area contributed by atoms with Crippen LogP contribution >= 0.6 is 0 Å². The molecule has 0 saturated carbocycles. The number of anilines is 2. The molecule has 0 bridgehead atoms. The van der Waals surface area contributed by atoms with Gasteiger partial charge in [0, 0.05) is 24.1 Å². The van der Waals surface area contributed by atoms with Crippen LogP contribution < -0.4 is 10.2 Å². The van der Waals surface area contributed by atoms with Crippen molar-refractivity contribution in [2.24, 2.45) is 5.41 Å². The van der Waals surface area contributed by atoms with E-state index in [2.05, 4.69) is 19.2 Å². The highest BCUT2D eigenvalue weighted by atomic mass is 16.4. The number of benzene rings is 2. The Labute approximate surface area is 187 Å². The van der Waals surface area contributed by atoms with Gasteiger partial charge in [0.2, 0.25) is 5.91 Å². The highest BCUT2D eigenvalue weighted by Crippen LogP contribution is 2.48. The summed E-state index contributed by atoms with van der Waals surface area (Å²) < 4.78 is 0. The monoisotopic (exact) mass is 432 g/mol. The van der Waals surface area contributed by atoms with Crippen molar-refractivity contribution in [2.75, 3.05) is 10.2 Å². The van der Waals surface area contributed by atoms with Gasteiger partial charge in [-0.2, -0.15) is 0 Å². The molecule has 0 unspecified atom stereocenters. The van der Waals surface area contributed by atoms with Gasteiger partial charge in [0.25, 0.3) is 0 Å². The third-order valence-electron chi connectivity index (χ3n) is 6.12. The zero-order valence-electron chi connectivity index (χ0n) is 18.6. The van der Waals surface area contributed by atoms with Crippen molar-refractivity contribution in [1.82, 2.24) is 0 Å². The van der Waals surface area contributed by atoms with E-state index >= 15 is 0 Å². The first-order chi connectivity index (χ1) is 15.2. The maximum atomic E-state index is 13.5. The quantitative estimate of drug-likeness (QED) is 0.710. The fourth-order valence-corrected chi connectivity index (χ4v) is 4.66. The SMILES string of the molecule is Cc1ccc([C@@H]2C3=C(CC(C)(C)CC3=O)Nc3ccccc3N2C(=O)CCC(=O)O)cc1. The van der Waals surface area contributed by atoms with E-state index in [1.54, 1.807) is 4.90 Å². The Bertz CT molecular complexity index is 1110. The van der Waals surface area contributed by atoms with Crippen LogP contribution in [0.2, 0.25) is 0 Å². The summed E-state index contributed by atoms with van der Waals surface area (Å²) >= 11 is 0. The topological polar surface area (TPSA) is 86.7 Å². The molecule has 4 rings (SSSR count). The maximum absolute atomic E-state index is 13.5. The summed E-state index contributed by atoms with van der Waals surface area (Å²) in [7, 11) is 0. The average Bonchev–Trinajstić information content (AvgIpc) is 2.86. The summed E-state index contributed by atoms with van der Waals surface area (Å²) in [5, 5.41) is 12.6. The van der Waals surface area contributed by atoms with Gasteiger partial charge < -0.3 is 10.4 Å². The van der Waals surface area contributed by atoms with Crippen LogP contribution in [0.3, 0.4) is 0 Å². The van der Waals surface area contributed by atoms with E-state index in [-0.39, 0.29) is 29.9 Å². The number of para-hydroxylation sites is 2. The summed E-state index contributed by atoms with van der Waals surface area (Å²) in [4.78, 5) is 39.8. The molecule has 2 aromatic carbocycles. The number of aryl methyl sites for hydroxylation is 1. The number of ketones is 1. The molecule has 1 aliphatic carbocycles. The lowest BCUT2D eigenvalue weighted by Crippen LogP contribution is -2.39. The van der Waals surface area contributed by atoms with Gasteiger partial charge >= 0.3 is 5.97 Å². The molecule has 0 fully saturated rings. The van der Waals surface area contributed by atoms with Gasteiger partial charge in [-0.1, -0.05) is 55.8 Å². The van der Waals surface area contributed by atoms with Crippen molar-refractivity contribution < 1.29 is 19.5 Å². The third kappa shape index (κ3) is 4.17. The number of hydrogen-bond donors (Lipinski definition) is 2. The Hall–Kier alpha value is -3.41. The van der Waals surface area contributed by atoms with Gasteiger partial charge in [0.15, 0.2) is 5.78 Å². The zero-order chi connectivity index (χ0) is 23.0. The third-order valence-corrected chi connectivity index (χ3v) is 6.12. The average molecular weight is 433 g/mol. The van der Waals surface area contributed by atoms with Crippen molar-refractivity contribution in [3.63, 3.8) is 0 Å². The molecule has 0 spiro atoms. The van der Waals surface area contributed by atoms with E-state index in [0.717, 1.165) is 22.5 Å². The molecule has 1 aliphatic heterocycles. The molecule has 0 radical (unpaired) electrons.